The maximum atomic E-state index is 12.1. The molecule has 4 saturated carbocycles. The molecule has 1 heterocycles. The third kappa shape index (κ3) is 1.17. The molecule has 5 aliphatic rings. The van der Waals surface area contributed by atoms with E-state index in [9.17, 15) is 25.5 Å². The van der Waals surface area contributed by atoms with Crippen molar-refractivity contribution in [1.82, 2.24) is 0 Å². The lowest BCUT2D eigenvalue weighted by atomic mass is 9.39. The quantitative estimate of drug-likeness (QED) is 0.462. The number of fused-ring (bicyclic) bond motifs is 3. The molecular formula is C20H32O6. The first kappa shape index (κ1) is 17.8. The molecule has 5 fully saturated rings. The number of rotatable bonds is 1. The van der Waals surface area contributed by atoms with Crippen LogP contribution in [0.4, 0.5) is 0 Å². The largest absolute Gasteiger partial charge is 0.389 e. The van der Waals surface area contributed by atoms with Gasteiger partial charge in [-0.15, -0.1) is 0 Å². The lowest BCUT2D eigenvalue weighted by molar-refractivity contribution is -0.358. The van der Waals surface area contributed by atoms with Crippen LogP contribution in [0.25, 0.3) is 0 Å². The van der Waals surface area contributed by atoms with Gasteiger partial charge in [-0.25, -0.2) is 0 Å². The maximum absolute atomic E-state index is 12.1. The molecule has 0 aromatic carbocycles. The van der Waals surface area contributed by atoms with Crippen LogP contribution in [0.1, 0.15) is 60.3 Å². The van der Waals surface area contributed by atoms with Crippen LogP contribution in [0.15, 0.2) is 0 Å². The zero-order valence-corrected chi connectivity index (χ0v) is 16.3. The first-order valence-corrected chi connectivity index (χ1v) is 10.00. The molecule has 0 radical (unpaired) electrons. The van der Waals surface area contributed by atoms with Crippen LogP contribution in [0.2, 0.25) is 0 Å². The lowest BCUT2D eigenvalue weighted by Crippen LogP contribution is -2.83. The monoisotopic (exact) mass is 368 g/mol. The third-order valence-electron chi connectivity index (χ3n) is 10.2. The van der Waals surface area contributed by atoms with Gasteiger partial charge < -0.3 is 30.3 Å². The molecule has 0 amide bonds. The van der Waals surface area contributed by atoms with Crippen molar-refractivity contribution in [2.45, 2.75) is 94.6 Å². The summed E-state index contributed by atoms with van der Waals surface area (Å²) in [5, 5.41) is 59.3. The van der Waals surface area contributed by atoms with Gasteiger partial charge in [0.15, 0.2) is 5.79 Å². The average molecular weight is 368 g/mol. The van der Waals surface area contributed by atoms with E-state index in [1.165, 1.54) is 0 Å². The summed E-state index contributed by atoms with van der Waals surface area (Å²) < 4.78 is 6.15. The van der Waals surface area contributed by atoms with Crippen molar-refractivity contribution in [3.05, 3.63) is 0 Å². The minimum Gasteiger partial charge on any atom is -0.389 e. The highest BCUT2D eigenvalue weighted by molar-refractivity contribution is 5.46. The number of ether oxygens (including phenoxy) is 1. The lowest BCUT2D eigenvalue weighted by Gasteiger charge is -2.68. The predicted octanol–water partition coefficient (Wildman–Crippen LogP) is 0.534. The molecular weight excluding hydrogens is 336 g/mol. The molecule has 0 aromatic rings. The molecule has 5 bridgehead atoms. The van der Waals surface area contributed by atoms with E-state index >= 15 is 0 Å². The van der Waals surface area contributed by atoms with Crippen LogP contribution in [-0.4, -0.2) is 59.8 Å². The summed E-state index contributed by atoms with van der Waals surface area (Å²) in [5.41, 5.74) is -8.94. The van der Waals surface area contributed by atoms with E-state index in [2.05, 4.69) is 0 Å². The Balaban J connectivity index is 1.89. The Morgan fingerprint density at radius 1 is 1.00 bits per heavy atom. The van der Waals surface area contributed by atoms with Gasteiger partial charge in [0.05, 0.1) is 22.7 Å². The summed E-state index contributed by atoms with van der Waals surface area (Å²) in [6, 6.07) is 0. The van der Waals surface area contributed by atoms with Crippen LogP contribution < -0.4 is 0 Å². The van der Waals surface area contributed by atoms with Gasteiger partial charge in [-0.05, 0) is 31.6 Å². The van der Waals surface area contributed by atoms with Crippen LogP contribution in [-0.2, 0) is 4.74 Å². The van der Waals surface area contributed by atoms with Crippen LogP contribution >= 0.6 is 0 Å². The van der Waals surface area contributed by atoms with Crippen molar-refractivity contribution in [3.8, 4) is 0 Å². The summed E-state index contributed by atoms with van der Waals surface area (Å²) in [6.07, 6.45) is 0.300. The zero-order valence-electron chi connectivity index (χ0n) is 16.3. The van der Waals surface area contributed by atoms with Crippen LogP contribution in [0, 0.1) is 28.6 Å². The standard InChI is InChI=1S/C20H32O6/c1-10(2)17(22)9-18(23)14(4)8-19(24)15(17,5)20(18,25)13(26-19)12-11(3)6-7-16(12,14)21/h10-13,21-25H,6-9H2,1-5H3/t11-,12+,13+,14+,15-,16-,17-,18+,19-,20+/m0/s1. The summed E-state index contributed by atoms with van der Waals surface area (Å²) >= 11 is 0. The highest BCUT2D eigenvalue weighted by Gasteiger charge is 2.99. The van der Waals surface area contributed by atoms with Gasteiger partial charge in [0.1, 0.15) is 11.2 Å². The van der Waals surface area contributed by atoms with Gasteiger partial charge >= 0.3 is 0 Å². The van der Waals surface area contributed by atoms with Crippen molar-refractivity contribution < 1.29 is 30.3 Å². The first-order chi connectivity index (χ1) is 11.7. The molecule has 0 aromatic heterocycles. The van der Waals surface area contributed by atoms with E-state index in [4.69, 9.17) is 4.74 Å². The zero-order chi connectivity index (χ0) is 19.3. The molecule has 148 valence electrons. The Hall–Kier alpha value is -0.240. The van der Waals surface area contributed by atoms with Crippen molar-refractivity contribution in [2.75, 3.05) is 0 Å². The summed E-state index contributed by atoms with van der Waals surface area (Å²) in [5.74, 6) is -2.41. The van der Waals surface area contributed by atoms with Gasteiger partial charge in [-0.2, -0.15) is 0 Å². The number of hydrogen-bond donors (Lipinski definition) is 5. The Labute approximate surface area is 154 Å². The van der Waals surface area contributed by atoms with E-state index in [0.29, 0.717) is 6.42 Å². The maximum Gasteiger partial charge on any atom is 0.177 e. The van der Waals surface area contributed by atoms with E-state index in [1.54, 1.807) is 13.8 Å². The number of aliphatic hydroxyl groups is 5. The molecule has 1 aliphatic heterocycles. The molecule has 5 rings (SSSR count). The topological polar surface area (TPSA) is 110 Å². The highest BCUT2D eigenvalue weighted by Crippen LogP contribution is 2.85. The Morgan fingerprint density at radius 3 is 2.19 bits per heavy atom. The number of hydrogen-bond acceptors (Lipinski definition) is 6. The molecule has 26 heavy (non-hydrogen) atoms. The fourth-order valence-electron chi connectivity index (χ4n) is 8.56. The Bertz CT molecular complexity index is 712. The van der Waals surface area contributed by atoms with Gasteiger partial charge in [0, 0.05) is 24.2 Å². The summed E-state index contributed by atoms with van der Waals surface area (Å²) in [4.78, 5) is 0. The predicted molar refractivity (Wildman–Crippen MR) is 91.8 cm³/mol. The summed E-state index contributed by atoms with van der Waals surface area (Å²) in [6.45, 7) is 9.14. The average Bonchev–Trinajstić information content (AvgIpc) is 2.92. The van der Waals surface area contributed by atoms with Gasteiger partial charge in [0.25, 0.3) is 0 Å². The summed E-state index contributed by atoms with van der Waals surface area (Å²) in [7, 11) is 0. The molecule has 5 N–H and O–H groups in total. The van der Waals surface area contributed by atoms with Crippen LogP contribution in [0.3, 0.4) is 0 Å². The van der Waals surface area contributed by atoms with Crippen molar-refractivity contribution in [3.63, 3.8) is 0 Å². The normalized spacial score (nSPS) is 71.0. The van der Waals surface area contributed by atoms with Crippen molar-refractivity contribution in [2.24, 2.45) is 28.6 Å². The Kier molecular flexibility index (Phi) is 2.78. The molecule has 0 spiro atoms. The first-order valence-electron chi connectivity index (χ1n) is 10.00. The van der Waals surface area contributed by atoms with E-state index < -0.39 is 45.1 Å². The molecule has 1 saturated heterocycles. The van der Waals surface area contributed by atoms with Crippen LogP contribution in [0.5, 0.6) is 0 Å². The van der Waals surface area contributed by atoms with E-state index in [0.717, 1.165) is 6.42 Å². The van der Waals surface area contributed by atoms with Gasteiger partial charge in [0.2, 0.25) is 0 Å². The van der Waals surface area contributed by atoms with Crippen molar-refractivity contribution >= 4 is 0 Å². The second kappa shape index (κ2) is 4.05. The molecule has 0 unspecified atom stereocenters. The second-order valence-corrected chi connectivity index (χ2v) is 10.8. The van der Waals surface area contributed by atoms with E-state index in [-0.39, 0.29) is 30.6 Å². The van der Waals surface area contributed by atoms with Crippen molar-refractivity contribution in [1.29, 1.82) is 0 Å². The molecule has 4 aliphatic carbocycles. The van der Waals surface area contributed by atoms with Gasteiger partial charge in [-0.3, -0.25) is 0 Å². The smallest absolute Gasteiger partial charge is 0.177 e. The fourth-order valence-corrected chi connectivity index (χ4v) is 8.56. The minimum atomic E-state index is -1.82. The molecule has 6 nitrogen and oxygen atoms in total. The molecule has 6 heteroatoms. The molecule has 10 atom stereocenters. The fraction of sp³-hybridized carbons (Fsp3) is 1.00. The van der Waals surface area contributed by atoms with E-state index in [1.807, 2.05) is 20.8 Å². The Morgan fingerprint density at radius 2 is 1.62 bits per heavy atom. The minimum absolute atomic E-state index is 0.000556. The third-order valence-corrected chi connectivity index (χ3v) is 10.2. The van der Waals surface area contributed by atoms with Gasteiger partial charge in [-0.1, -0.05) is 27.7 Å². The highest BCUT2D eigenvalue weighted by atomic mass is 16.7. The second-order valence-electron chi connectivity index (χ2n) is 10.8. The SMILES string of the molecule is CC(C)[C@@]1(O)C[C@@]2(O)[C@]3(C)C[C@]4(O)O[C@H]([C@H]5[C@@H](C)CC[C@]53O)[C@@]2(O)[C@]41C.